The molecule has 0 aromatic heterocycles. The first-order chi connectivity index (χ1) is 17.2. The number of halogens is 1. The van der Waals surface area contributed by atoms with Crippen molar-refractivity contribution in [1.82, 2.24) is 5.32 Å². The number of rotatable bonds is 8. The van der Waals surface area contributed by atoms with E-state index in [-0.39, 0.29) is 15.6 Å². The number of hydrogen-bond acceptors (Lipinski definition) is 6. The lowest BCUT2D eigenvalue weighted by atomic mass is 10.1. The van der Waals surface area contributed by atoms with Crippen molar-refractivity contribution in [3.05, 3.63) is 76.8 Å². The lowest BCUT2D eigenvalue weighted by molar-refractivity contribution is -0.120. The number of anilines is 1. The smallest absolute Gasteiger partial charge is 0.264 e. The van der Waals surface area contributed by atoms with Crippen LogP contribution in [0.25, 0.3) is 0 Å². The van der Waals surface area contributed by atoms with E-state index in [1.165, 1.54) is 25.3 Å². The summed E-state index contributed by atoms with van der Waals surface area (Å²) in [5.74, 6) is 1.16. The quantitative estimate of drug-likeness (QED) is 0.461. The predicted molar refractivity (Wildman–Crippen MR) is 138 cm³/mol. The van der Waals surface area contributed by atoms with Crippen LogP contribution in [-0.4, -0.2) is 41.2 Å². The van der Waals surface area contributed by atoms with Gasteiger partial charge in [-0.1, -0.05) is 35.4 Å². The van der Waals surface area contributed by atoms with Crippen LogP contribution in [0.3, 0.4) is 0 Å². The number of carbonyl (C=O) groups is 1. The van der Waals surface area contributed by atoms with Crippen molar-refractivity contribution in [1.29, 1.82) is 0 Å². The number of nitrogens with zero attached hydrogens (tertiary/aromatic N) is 1. The summed E-state index contributed by atoms with van der Waals surface area (Å²) in [4.78, 5) is 13.2. The first-order valence-electron chi connectivity index (χ1n) is 11.3. The molecule has 10 heteroatoms. The Bertz CT molecular complexity index is 1360. The van der Waals surface area contributed by atoms with E-state index in [0.29, 0.717) is 30.5 Å². The van der Waals surface area contributed by atoms with Crippen molar-refractivity contribution in [2.45, 2.75) is 24.8 Å². The number of benzene rings is 3. The van der Waals surface area contributed by atoms with Gasteiger partial charge in [0.15, 0.2) is 11.5 Å². The van der Waals surface area contributed by atoms with E-state index < -0.39 is 28.5 Å². The Morgan fingerprint density at radius 3 is 2.42 bits per heavy atom. The maximum atomic E-state index is 13.6. The number of fused-ring (bicyclic) bond motifs is 1. The third-order valence-electron chi connectivity index (χ3n) is 5.76. The van der Waals surface area contributed by atoms with E-state index in [1.54, 1.807) is 30.3 Å². The second-order valence-corrected chi connectivity index (χ2v) is 10.6. The van der Waals surface area contributed by atoms with Crippen molar-refractivity contribution >= 4 is 33.2 Å². The second-order valence-electron chi connectivity index (χ2n) is 8.34. The summed E-state index contributed by atoms with van der Waals surface area (Å²) in [5.41, 5.74) is 1.95. The topological polar surface area (TPSA) is 94.2 Å². The lowest BCUT2D eigenvalue weighted by Gasteiger charge is -2.26. The normalized spacial score (nSPS) is 13.6. The fraction of sp³-hybridized carbons (Fsp3) is 0.269. The van der Waals surface area contributed by atoms with Gasteiger partial charge in [-0.2, -0.15) is 0 Å². The molecule has 1 aliphatic rings. The average Bonchev–Trinajstić information content (AvgIpc) is 2.87. The van der Waals surface area contributed by atoms with Crippen molar-refractivity contribution in [3.8, 4) is 17.2 Å². The Balaban J connectivity index is 1.60. The molecule has 0 bridgehead atoms. The summed E-state index contributed by atoms with van der Waals surface area (Å²) in [7, 11) is -2.61. The molecule has 1 amide bonds. The van der Waals surface area contributed by atoms with E-state index in [2.05, 4.69) is 5.32 Å². The Morgan fingerprint density at radius 1 is 1.06 bits per heavy atom. The molecule has 1 unspecified atom stereocenters. The molecule has 4 rings (SSSR count). The van der Waals surface area contributed by atoms with Crippen LogP contribution >= 0.6 is 11.6 Å². The van der Waals surface area contributed by atoms with Crippen LogP contribution in [0.4, 0.5) is 5.69 Å². The fourth-order valence-corrected chi connectivity index (χ4v) is 5.46. The Kier molecular flexibility index (Phi) is 7.61. The van der Waals surface area contributed by atoms with Crippen LogP contribution in [-0.2, 0) is 14.8 Å². The van der Waals surface area contributed by atoms with E-state index in [4.69, 9.17) is 25.8 Å². The van der Waals surface area contributed by atoms with Gasteiger partial charge in [0.25, 0.3) is 10.0 Å². The van der Waals surface area contributed by atoms with Gasteiger partial charge in [-0.05, 0) is 61.9 Å². The number of carbonyl (C=O) groups excluding carboxylic acids is 1. The van der Waals surface area contributed by atoms with Crippen LogP contribution in [0.5, 0.6) is 17.2 Å². The molecule has 3 aromatic carbocycles. The van der Waals surface area contributed by atoms with Gasteiger partial charge in [-0.15, -0.1) is 0 Å². The number of hydrogen-bond donors (Lipinski definition) is 1. The Morgan fingerprint density at radius 2 is 1.75 bits per heavy atom. The summed E-state index contributed by atoms with van der Waals surface area (Å²) in [6, 6.07) is 16.0. The summed E-state index contributed by atoms with van der Waals surface area (Å²) in [6.07, 6.45) is 0. The highest BCUT2D eigenvalue weighted by Crippen LogP contribution is 2.34. The van der Waals surface area contributed by atoms with Gasteiger partial charge in [0.2, 0.25) is 5.91 Å². The van der Waals surface area contributed by atoms with Crippen molar-refractivity contribution < 1.29 is 27.4 Å². The summed E-state index contributed by atoms with van der Waals surface area (Å²) >= 11 is 6.28. The van der Waals surface area contributed by atoms with E-state index >= 15 is 0 Å². The first kappa shape index (κ1) is 25.7. The Labute approximate surface area is 215 Å². The van der Waals surface area contributed by atoms with Gasteiger partial charge >= 0.3 is 0 Å². The highest BCUT2D eigenvalue weighted by Gasteiger charge is 2.28. The third kappa shape index (κ3) is 5.52. The van der Waals surface area contributed by atoms with Crippen LogP contribution < -0.4 is 23.8 Å². The molecule has 1 aliphatic heterocycles. The number of sulfonamides is 1. The number of ether oxygens (including phenoxy) is 3. The van der Waals surface area contributed by atoms with Gasteiger partial charge in [-0.3, -0.25) is 9.10 Å². The van der Waals surface area contributed by atoms with Crippen molar-refractivity contribution in [2.24, 2.45) is 0 Å². The first-order valence-corrected chi connectivity index (χ1v) is 13.1. The summed E-state index contributed by atoms with van der Waals surface area (Å²) in [5, 5.41) is 3.10. The SMILES string of the molecule is COc1ccc(N(CC(=O)NC(C)c2ccc3c(c2)OCCO3)S(=O)(=O)c2ccc(C)cc2)cc1Cl. The monoisotopic (exact) mass is 530 g/mol. The van der Waals surface area contributed by atoms with Gasteiger partial charge in [0, 0.05) is 0 Å². The highest BCUT2D eigenvalue weighted by atomic mass is 35.5. The summed E-state index contributed by atoms with van der Waals surface area (Å²) < 4.78 is 44.6. The van der Waals surface area contributed by atoms with Crippen molar-refractivity contribution in [3.63, 3.8) is 0 Å². The second kappa shape index (κ2) is 10.7. The molecule has 190 valence electrons. The van der Waals surface area contributed by atoms with Gasteiger partial charge in [0.05, 0.1) is 28.8 Å². The van der Waals surface area contributed by atoms with Gasteiger partial charge in [-0.25, -0.2) is 8.42 Å². The third-order valence-corrected chi connectivity index (χ3v) is 7.85. The molecular weight excluding hydrogens is 504 g/mol. The molecule has 0 fully saturated rings. The van der Waals surface area contributed by atoms with Crippen LogP contribution in [0.2, 0.25) is 5.02 Å². The van der Waals surface area contributed by atoms with Crippen molar-refractivity contribution in [2.75, 3.05) is 31.2 Å². The van der Waals surface area contributed by atoms with E-state index in [9.17, 15) is 13.2 Å². The lowest BCUT2D eigenvalue weighted by Crippen LogP contribution is -2.41. The zero-order valence-corrected chi connectivity index (χ0v) is 21.7. The minimum atomic E-state index is -4.08. The number of nitrogens with one attached hydrogen (secondary N) is 1. The van der Waals surface area contributed by atoms with E-state index in [1.807, 2.05) is 26.0 Å². The molecule has 1 atom stereocenters. The maximum absolute atomic E-state index is 13.6. The van der Waals surface area contributed by atoms with Crippen LogP contribution in [0.15, 0.2) is 65.6 Å². The fourth-order valence-electron chi connectivity index (χ4n) is 3.79. The van der Waals surface area contributed by atoms with Gasteiger partial charge < -0.3 is 19.5 Å². The minimum absolute atomic E-state index is 0.0627. The highest BCUT2D eigenvalue weighted by molar-refractivity contribution is 7.92. The number of amides is 1. The zero-order chi connectivity index (χ0) is 25.9. The molecule has 36 heavy (non-hydrogen) atoms. The molecule has 0 saturated carbocycles. The molecular formula is C26H27ClN2O6S. The van der Waals surface area contributed by atoms with Gasteiger partial charge in [0.1, 0.15) is 25.5 Å². The molecule has 0 aliphatic carbocycles. The molecule has 3 aromatic rings. The zero-order valence-electron chi connectivity index (χ0n) is 20.2. The van der Waals surface area contributed by atoms with Crippen LogP contribution in [0, 0.1) is 6.92 Å². The molecule has 0 radical (unpaired) electrons. The average molecular weight is 531 g/mol. The molecule has 1 heterocycles. The molecule has 0 spiro atoms. The standard InChI is InChI=1S/C26H27ClN2O6S/c1-17-4-8-21(9-5-17)36(31,32)29(20-7-11-23(33-3)22(27)15-20)16-26(30)28-18(2)19-6-10-24-25(14-19)35-13-12-34-24/h4-11,14-15,18H,12-13,16H2,1-3H3,(H,28,30). The maximum Gasteiger partial charge on any atom is 0.264 e. The summed E-state index contributed by atoms with van der Waals surface area (Å²) in [6.45, 7) is 4.16. The number of methoxy groups -OCH3 is 1. The van der Waals surface area contributed by atoms with E-state index in [0.717, 1.165) is 15.4 Å². The van der Waals surface area contributed by atoms with Crippen LogP contribution in [0.1, 0.15) is 24.1 Å². The largest absolute Gasteiger partial charge is 0.495 e. The Hall–Kier alpha value is -3.43. The predicted octanol–water partition coefficient (Wildman–Crippen LogP) is 4.50. The molecule has 0 saturated heterocycles. The number of aryl methyl sites for hydroxylation is 1. The minimum Gasteiger partial charge on any atom is -0.495 e. The molecule has 8 nitrogen and oxygen atoms in total. The molecule has 1 N–H and O–H groups in total.